The Kier molecular flexibility index (Phi) is 8.56. The van der Waals surface area contributed by atoms with Gasteiger partial charge in [0.1, 0.15) is 0 Å². The van der Waals surface area contributed by atoms with Crippen LogP contribution < -0.4 is 0 Å². The maximum Gasteiger partial charge on any atom is 0.305 e. The van der Waals surface area contributed by atoms with E-state index >= 15 is 0 Å². The van der Waals surface area contributed by atoms with Gasteiger partial charge in [-0.1, -0.05) is 26.7 Å². The minimum absolute atomic E-state index is 0. The standard InChI is InChI=1S/C10H19O2.Y/c1-6-10(3,4)8(2)7-9(11)12-5;/h6,8H,7H2,1-5H3;/q-1;. The molecule has 0 fully saturated rings. The summed E-state index contributed by atoms with van der Waals surface area (Å²) in [6.07, 6.45) is 2.62. The number of hydrogen-bond acceptors (Lipinski definition) is 2. The fourth-order valence-electron chi connectivity index (χ4n) is 0.881. The van der Waals surface area contributed by atoms with Crippen LogP contribution in [0.4, 0.5) is 0 Å². The SMILES string of the molecule is C[CH-]C(C)(C)C(C)CC(=O)OC.[Y]. The van der Waals surface area contributed by atoms with Gasteiger partial charge >= 0.3 is 5.97 Å². The largest absolute Gasteiger partial charge is 0.469 e. The van der Waals surface area contributed by atoms with Gasteiger partial charge in [0.25, 0.3) is 0 Å². The molecule has 0 aliphatic rings. The second kappa shape index (κ2) is 6.94. The van der Waals surface area contributed by atoms with Crippen molar-refractivity contribution in [1.82, 2.24) is 0 Å². The molecule has 0 aromatic carbocycles. The maximum absolute atomic E-state index is 10.9. The molecule has 0 N–H and O–H groups in total. The van der Waals surface area contributed by atoms with E-state index in [9.17, 15) is 4.79 Å². The number of carbonyl (C=O) groups is 1. The zero-order valence-electron chi connectivity index (χ0n) is 9.26. The van der Waals surface area contributed by atoms with Gasteiger partial charge < -0.3 is 11.2 Å². The molecule has 0 bridgehead atoms. The van der Waals surface area contributed by atoms with Gasteiger partial charge in [0.15, 0.2) is 0 Å². The van der Waals surface area contributed by atoms with Gasteiger partial charge in [-0.3, -0.25) is 4.79 Å². The topological polar surface area (TPSA) is 26.3 Å². The molecular weight excluding hydrogens is 241 g/mol. The van der Waals surface area contributed by atoms with Crippen molar-refractivity contribution in [2.75, 3.05) is 7.11 Å². The summed E-state index contributed by atoms with van der Waals surface area (Å²) in [7, 11) is 1.43. The predicted molar refractivity (Wildman–Crippen MR) is 49.6 cm³/mol. The number of rotatable bonds is 4. The summed E-state index contributed by atoms with van der Waals surface area (Å²) in [5.41, 5.74) is 0.105. The summed E-state index contributed by atoms with van der Waals surface area (Å²) in [6, 6.07) is 0. The minimum Gasteiger partial charge on any atom is -0.469 e. The molecule has 0 spiro atoms. The monoisotopic (exact) mass is 260 g/mol. The van der Waals surface area contributed by atoms with Crippen molar-refractivity contribution in [3.05, 3.63) is 6.42 Å². The van der Waals surface area contributed by atoms with Gasteiger partial charge in [-0.25, -0.2) is 0 Å². The molecule has 1 atom stereocenters. The van der Waals surface area contributed by atoms with Crippen LogP contribution in [0.15, 0.2) is 0 Å². The van der Waals surface area contributed by atoms with Gasteiger partial charge in [0.2, 0.25) is 0 Å². The average molecular weight is 260 g/mol. The summed E-state index contributed by atoms with van der Waals surface area (Å²) in [4.78, 5) is 10.9. The summed E-state index contributed by atoms with van der Waals surface area (Å²) in [5, 5.41) is 0. The van der Waals surface area contributed by atoms with Crippen molar-refractivity contribution in [2.24, 2.45) is 11.3 Å². The summed E-state index contributed by atoms with van der Waals surface area (Å²) >= 11 is 0. The number of esters is 1. The third-order valence-electron chi connectivity index (χ3n) is 2.71. The first-order valence-corrected chi connectivity index (χ1v) is 4.31. The van der Waals surface area contributed by atoms with Crippen LogP contribution in [0.1, 0.15) is 34.1 Å². The number of methoxy groups -OCH3 is 1. The molecule has 0 amide bonds. The molecule has 13 heavy (non-hydrogen) atoms. The van der Waals surface area contributed by atoms with Crippen LogP contribution in [-0.2, 0) is 42.2 Å². The van der Waals surface area contributed by atoms with Crippen LogP contribution in [-0.4, -0.2) is 13.1 Å². The van der Waals surface area contributed by atoms with Gasteiger partial charge in [-0.05, 0) is 0 Å². The molecule has 0 aromatic rings. The molecule has 75 valence electrons. The Labute approximate surface area is 107 Å². The molecule has 0 saturated carbocycles. The van der Waals surface area contributed by atoms with Crippen LogP contribution in [0.25, 0.3) is 0 Å². The first-order chi connectivity index (χ1) is 5.44. The van der Waals surface area contributed by atoms with E-state index in [0.717, 1.165) is 0 Å². The molecule has 0 saturated heterocycles. The fourth-order valence-corrected chi connectivity index (χ4v) is 0.881. The maximum atomic E-state index is 10.9. The van der Waals surface area contributed by atoms with E-state index in [4.69, 9.17) is 0 Å². The van der Waals surface area contributed by atoms with Gasteiger partial charge in [0.05, 0.1) is 7.11 Å². The third-order valence-corrected chi connectivity index (χ3v) is 2.71. The van der Waals surface area contributed by atoms with Gasteiger partial charge in [-0.2, -0.15) is 12.3 Å². The molecular formula is C10H19O2Y-. The molecule has 3 heteroatoms. The van der Waals surface area contributed by atoms with E-state index in [1.54, 1.807) is 0 Å². The Morgan fingerprint density at radius 2 is 2.00 bits per heavy atom. The third kappa shape index (κ3) is 5.80. The zero-order valence-corrected chi connectivity index (χ0v) is 12.1. The fraction of sp³-hybridized carbons (Fsp3) is 0.800. The summed E-state index contributed by atoms with van der Waals surface area (Å²) < 4.78 is 4.61. The van der Waals surface area contributed by atoms with Crippen LogP contribution >= 0.6 is 0 Å². The van der Waals surface area contributed by atoms with Crippen LogP contribution in [0.2, 0.25) is 0 Å². The number of ether oxygens (including phenoxy) is 1. The first-order valence-electron chi connectivity index (χ1n) is 4.31. The molecule has 1 radical (unpaired) electrons. The second-order valence-electron chi connectivity index (χ2n) is 3.79. The summed E-state index contributed by atoms with van der Waals surface area (Å²) in [5.74, 6) is 0.201. The van der Waals surface area contributed by atoms with Crippen molar-refractivity contribution in [3.63, 3.8) is 0 Å². The van der Waals surface area contributed by atoms with Crippen molar-refractivity contribution in [1.29, 1.82) is 0 Å². The Balaban J connectivity index is 0. The molecule has 0 rings (SSSR count). The average Bonchev–Trinajstić information content (AvgIpc) is 2.04. The first kappa shape index (κ1) is 16.0. The van der Waals surface area contributed by atoms with Gasteiger partial charge in [0, 0.05) is 39.1 Å². The van der Waals surface area contributed by atoms with Crippen LogP contribution in [0.3, 0.4) is 0 Å². The molecule has 0 aliphatic carbocycles. The van der Waals surface area contributed by atoms with E-state index < -0.39 is 0 Å². The van der Waals surface area contributed by atoms with Crippen LogP contribution in [0.5, 0.6) is 0 Å². The molecule has 1 unspecified atom stereocenters. The van der Waals surface area contributed by atoms with Crippen molar-refractivity contribution >= 4 is 5.97 Å². The molecule has 0 aliphatic heterocycles. The van der Waals surface area contributed by atoms with Crippen molar-refractivity contribution in [3.8, 4) is 0 Å². The Morgan fingerprint density at radius 3 is 2.31 bits per heavy atom. The normalized spacial score (nSPS) is 13.0. The van der Waals surface area contributed by atoms with E-state index in [1.165, 1.54) is 7.11 Å². The zero-order chi connectivity index (χ0) is 9.78. The number of hydrogen-bond donors (Lipinski definition) is 0. The smallest absolute Gasteiger partial charge is 0.305 e. The Hall–Kier alpha value is 0.574. The minimum atomic E-state index is -0.127. The van der Waals surface area contributed by atoms with E-state index in [1.807, 2.05) is 6.92 Å². The molecule has 2 nitrogen and oxygen atoms in total. The Bertz CT molecular complexity index is 155. The number of carbonyl (C=O) groups excluding carboxylic acids is 1. The second-order valence-corrected chi connectivity index (χ2v) is 3.79. The van der Waals surface area contributed by atoms with Crippen LogP contribution in [0, 0.1) is 17.8 Å². The van der Waals surface area contributed by atoms with Crippen molar-refractivity contribution < 1.29 is 42.2 Å². The van der Waals surface area contributed by atoms with E-state index in [2.05, 4.69) is 31.9 Å². The molecule has 0 aromatic heterocycles. The Morgan fingerprint density at radius 1 is 1.54 bits per heavy atom. The van der Waals surface area contributed by atoms with Crippen molar-refractivity contribution in [2.45, 2.75) is 34.1 Å². The molecule has 0 heterocycles. The van der Waals surface area contributed by atoms with Gasteiger partial charge in [-0.15, -0.1) is 0 Å². The predicted octanol–water partition coefficient (Wildman–Crippen LogP) is 2.43. The summed E-state index contributed by atoms with van der Waals surface area (Å²) in [6.45, 7) is 8.34. The van der Waals surface area contributed by atoms with E-state index in [-0.39, 0.29) is 44.1 Å². The quantitative estimate of drug-likeness (QED) is 0.573. The van der Waals surface area contributed by atoms with E-state index in [0.29, 0.717) is 12.3 Å².